The fourth-order valence-electron chi connectivity index (χ4n) is 4.68. The van der Waals surface area contributed by atoms with E-state index in [0.29, 0.717) is 11.9 Å². The smallest absolute Gasteiger partial charge is 0.256 e. The highest BCUT2D eigenvalue weighted by atomic mass is 35.5. The zero-order valence-corrected chi connectivity index (χ0v) is 18.4. The molecular weight excluding hydrogens is 412 g/mol. The van der Waals surface area contributed by atoms with Crippen LogP contribution >= 0.6 is 11.6 Å². The van der Waals surface area contributed by atoms with Crippen LogP contribution in [0.1, 0.15) is 31.1 Å². The molecule has 8 heteroatoms. The number of nitrogens with one attached hydrogen (secondary N) is 1. The molecule has 3 aliphatic rings. The van der Waals surface area contributed by atoms with Crippen LogP contribution in [-0.4, -0.2) is 46.6 Å². The number of piperazine rings is 1. The van der Waals surface area contributed by atoms with Crippen molar-refractivity contribution in [1.29, 1.82) is 0 Å². The van der Waals surface area contributed by atoms with Gasteiger partial charge in [-0.25, -0.2) is 9.98 Å². The number of anilines is 2. The Morgan fingerprint density at radius 2 is 1.90 bits per heavy atom. The SMILES string of the molecule is Cc1cc(=O)n2c(n1)NC(N1CCN(c3cccc(Cl)c3)CC1)=N[C@@H]2[C@@H]1CC=CCC1. The maximum absolute atomic E-state index is 12.8. The van der Waals surface area contributed by atoms with E-state index >= 15 is 0 Å². The minimum absolute atomic E-state index is 0.0388. The predicted octanol–water partition coefficient (Wildman–Crippen LogP) is 3.66. The molecule has 1 aliphatic carbocycles. The number of guanidine groups is 1. The average Bonchev–Trinajstić information content (AvgIpc) is 2.79. The maximum atomic E-state index is 12.8. The lowest BCUT2D eigenvalue weighted by Crippen LogP contribution is -2.52. The number of benzene rings is 1. The Morgan fingerprint density at radius 1 is 1.10 bits per heavy atom. The van der Waals surface area contributed by atoms with E-state index in [1.807, 2.05) is 25.1 Å². The van der Waals surface area contributed by atoms with Gasteiger partial charge in [0.15, 0.2) is 0 Å². The van der Waals surface area contributed by atoms with Crippen LogP contribution in [0.4, 0.5) is 11.6 Å². The second-order valence-corrected chi connectivity index (χ2v) is 8.86. The Labute approximate surface area is 187 Å². The number of fused-ring (bicyclic) bond motifs is 1. The van der Waals surface area contributed by atoms with Gasteiger partial charge in [0.25, 0.3) is 5.56 Å². The van der Waals surface area contributed by atoms with Gasteiger partial charge in [-0.1, -0.05) is 29.8 Å². The standard InChI is InChI=1S/C23H27ClN6O/c1-16-14-20(31)30-21(17-6-3-2-4-7-17)26-22(27-23(30)25-16)29-12-10-28(11-13-29)19-9-5-8-18(24)15-19/h2-3,5,8-9,14-15,17,21H,4,6-7,10-13H2,1H3,(H,25,26,27)/t17-,21+/m1/s1. The molecule has 2 aromatic rings. The van der Waals surface area contributed by atoms with Crippen molar-refractivity contribution in [3.63, 3.8) is 0 Å². The Hall–Kier alpha value is -2.80. The largest absolute Gasteiger partial charge is 0.368 e. The number of hydrogen-bond donors (Lipinski definition) is 1. The van der Waals surface area contributed by atoms with Gasteiger partial charge in [-0.2, -0.15) is 0 Å². The van der Waals surface area contributed by atoms with E-state index in [-0.39, 0.29) is 11.7 Å². The molecule has 0 unspecified atom stereocenters. The molecule has 5 rings (SSSR count). The van der Waals surface area contributed by atoms with Crippen LogP contribution in [0, 0.1) is 12.8 Å². The topological polar surface area (TPSA) is 65.8 Å². The molecule has 162 valence electrons. The van der Waals surface area contributed by atoms with Crippen LogP contribution in [0.15, 0.2) is 52.3 Å². The van der Waals surface area contributed by atoms with E-state index in [1.165, 1.54) is 0 Å². The van der Waals surface area contributed by atoms with Gasteiger partial charge in [0.2, 0.25) is 11.9 Å². The van der Waals surface area contributed by atoms with Gasteiger partial charge in [0.05, 0.1) is 0 Å². The summed E-state index contributed by atoms with van der Waals surface area (Å²) in [6.07, 6.45) is 7.20. The summed E-state index contributed by atoms with van der Waals surface area (Å²) in [7, 11) is 0. The number of halogens is 1. The Balaban J connectivity index is 1.39. The summed E-state index contributed by atoms with van der Waals surface area (Å²) in [5.74, 6) is 1.73. The van der Waals surface area contributed by atoms with Crippen molar-refractivity contribution in [2.45, 2.75) is 32.4 Å². The van der Waals surface area contributed by atoms with Crippen molar-refractivity contribution < 1.29 is 0 Å². The molecule has 0 saturated carbocycles. The van der Waals surface area contributed by atoms with E-state index in [2.05, 4.69) is 38.3 Å². The number of aliphatic imine (C=N–C) groups is 1. The summed E-state index contributed by atoms with van der Waals surface area (Å²) in [5.41, 5.74) is 1.83. The first-order chi connectivity index (χ1) is 15.1. The number of nitrogens with zero attached hydrogens (tertiary/aromatic N) is 5. The number of allylic oxidation sites excluding steroid dienone is 2. The molecule has 2 aliphatic heterocycles. The first kappa shape index (κ1) is 20.1. The summed E-state index contributed by atoms with van der Waals surface area (Å²) in [4.78, 5) is 27.1. The average molecular weight is 439 g/mol. The van der Waals surface area contributed by atoms with E-state index < -0.39 is 0 Å². The fraction of sp³-hybridized carbons (Fsp3) is 0.435. The second-order valence-electron chi connectivity index (χ2n) is 8.42. The summed E-state index contributed by atoms with van der Waals surface area (Å²) >= 11 is 6.17. The summed E-state index contributed by atoms with van der Waals surface area (Å²) < 4.78 is 1.74. The first-order valence-electron chi connectivity index (χ1n) is 10.9. The van der Waals surface area contributed by atoms with E-state index in [1.54, 1.807) is 10.6 Å². The lowest BCUT2D eigenvalue weighted by Gasteiger charge is -2.40. The van der Waals surface area contributed by atoms with Crippen LogP contribution in [0.5, 0.6) is 0 Å². The van der Waals surface area contributed by atoms with E-state index in [0.717, 1.165) is 67.8 Å². The Bertz CT molecular complexity index is 1090. The lowest BCUT2D eigenvalue weighted by atomic mass is 9.91. The molecule has 1 fully saturated rings. The minimum atomic E-state index is -0.220. The molecule has 31 heavy (non-hydrogen) atoms. The lowest BCUT2D eigenvalue weighted by molar-refractivity contribution is 0.296. The van der Waals surface area contributed by atoms with Crippen molar-refractivity contribution in [3.05, 3.63) is 63.6 Å². The van der Waals surface area contributed by atoms with E-state index in [4.69, 9.17) is 16.6 Å². The van der Waals surface area contributed by atoms with Gasteiger partial charge in [-0.15, -0.1) is 0 Å². The van der Waals surface area contributed by atoms with Crippen LogP contribution in [-0.2, 0) is 0 Å². The molecule has 1 aromatic heterocycles. The number of rotatable bonds is 2. The molecule has 2 atom stereocenters. The van der Waals surface area contributed by atoms with Crippen LogP contribution in [0.2, 0.25) is 5.02 Å². The molecule has 1 N–H and O–H groups in total. The maximum Gasteiger partial charge on any atom is 0.256 e. The zero-order valence-electron chi connectivity index (χ0n) is 17.7. The quantitative estimate of drug-likeness (QED) is 0.725. The Morgan fingerprint density at radius 3 is 2.65 bits per heavy atom. The van der Waals surface area contributed by atoms with Gasteiger partial charge in [-0.3, -0.25) is 14.7 Å². The summed E-state index contributed by atoms with van der Waals surface area (Å²) in [6, 6.07) is 9.59. The molecule has 7 nitrogen and oxygen atoms in total. The Kier molecular flexibility index (Phi) is 5.44. The van der Waals surface area contributed by atoms with E-state index in [9.17, 15) is 4.79 Å². The molecule has 1 saturated heterocycles. The van der Waals surface area contributed by atoms with Crippen LogP contribution in [0.3, 0.4) is 0 Å². The monoisotopic (exact) mass is 438 g/mol. The minimum Gasteiger partial charge on any atom is -0.368 e. The summed E-state index contributed by atoms with van der Waals surface area (Å²) in [5, 5.41) is 4.11. The van der Waals surface area contributed by atoms with Crippen molar-refractivity contribution in [2.24, 2.45) is 10.9 Å². The van der Waals surface area contributed by atoms with Crippen molar-refractivity contribution in [2.75, 3.05) is 36.4 Å². The van der Waals surface area contributed by atoms with Gasteiger partial charge in [-0.05, 0) is 44.4 Å². The van der Waals surface area contributed by atoms with Gasteiger partial charge < -0.3 is 9.80 Å². The van der Waals surface area contributed by atoms with Crippen molar-refractivity contribution in [3.8, 4) is 0 Å². The second kappa shape index (κ2) is 8.38. The molecule has 0 radical (unpaired) electrons. The highest BCUT2D eigenvalue weighted by molar-refractivity contribution is 6.30. The van der Waals surface area contributed by atoms with Crippen LogP contribution in [0.25, 0.3) is 0 Å². The fourth-order valence-corrected chi connectivity index (χ4v) is 4.86. The number of aryl methyl sites for hydroxylation is 1. The molecule has 0 bridgehead atoms. The zero-order chi connectivity index (χ0) is 21.4. The molecular formula is C23H27ClN6O. The third-order valence-corrected chi connectivity index (χ3v) is 6.54. The van der Waals surface area contributed by atoms with Crippen molar-refractivity contribution >= 4 is 29.2 Å². The third-order valence-electron chi connectivity index (χ3n) is 6.31. The number of hydrogen-bond acceptors (Lipinski definition) is 6. The molecule has 3 heterocycles. The normalized spacial score (nSPS) is 23.2. The van der Waals surface area contributed by atoms with Gasteiger partial charge in [0.1, 0.15) is 6.17 Å². The van der Waals surface area contributed by atoms with Gasteiger partial charge >= 0.3 is 0 Å². The van der Waals surface area contributed by atoms with Crippen LogP contribution < -0.4 is 15.8 Å². The molecule has 1 aromatic carbocycles. The highest BCUT2D eigenvalue weighted by Gasteiger charge is 2.32. The highest BCUT2D eigenvalue weighted by Crippen LogP contribution is 2.34. The third kappa shape index (κ3) is 4.06. The number of aromatic nitrogens is 2. The predicted molar refractivity (Wildman–Crippen MR) is 125 cm³/mol. The summed E-state index contributed by atoms with van der Waals surface area (Å²) in [6.45, 7) is 5.30. The molecule has 0 amide bonds. The van der Waals surface area contributed by atoms with Crippen molar-refractivity contribution in [1.82, 2.24) is 14.5 Å². The first-order valence-corrected chi connectivity index (χ1v) is 11.3. The van der Waals surface area contributed by atoms with Gasteiger partial charge in [0, 0.05) is 54.6 Å². The molecule has 0 spiro atoms.